The van der Waals surface area contributed by atoms with Crippen molar-refractivity contribution in [2.75, 3.05) is 37.7 Å². The first-order chi connectivity index (χ1) is 10.3. The van der Waals surface area contributed by atoms with Gasteiger partial charge in [-0.1, -0.05) is 0 Å². The van der Waals surface area contributed by atoms with Crippen molar-refractivity contribution < 1.29 is 9.53 Å². The Bertz CT molecular complexity index is 483. The van der Waals surface area contributed by atoms with Gasteiger partial charge in [0.15, 0.2) is 0 Å². The third kappa shape index (κ3) is 3.18. The number of carbonyl (C=O) groups is 1. The maximum absolute atomic E-state index is 12.6. The topological polar surface area (TPSA) is 45.7 Å². The Morgan fingerprint density at radius 2 is 2.05 bits per heavy atom. The van der Waals surface area contributed by atoms with E-state index in [0.29, 0.717) is 11.6 Å². The average molecular weight is 289 g/mol. The largest absolute Gasteiger partial charge is 0.378 e. The normalized spacial score (nSPS) is 23.2. The van der Waals surface area contributed by atoms with Crippen molar-refractivity contribution >= 4 is 11.7 Å². The molecule has 2 fully saturated rings. The van der Waals surface area contributed by atoms with E-state index < -0.39 is 0 Å². The fraction of sp³-hybridized carbons (Fsp3) is 0.625. The van der Waals surface area contributed by atoms with Crippen molar-refractivity contribution in [1.82, 2.24) is 9.88 Å². The first-order valence-electron chi connectivity index (χ1n) is 7.85. The number of pyridine rings is 1. The Morgan fingerprint density at radius 1 is 1.24 bits per heavy atom. The first-order valence-corrected chi connectivity index (χ1v) is 7.85. The lowest BCUT2D eigenvalue weighted by molar-refractivity contribution is 0.0635. The van der Waals surface area contributed by atoms with E-state index in [1.807, 2.05) is 17.0 Å². The highest BCUT2D eigenvalue weighted by Gasteiger charge is 2.24. The van der Waals surface area contributed by atoms with Crippen LogP contribution >= 0.6 is 0 Å². The van der Waals surface area contributed by atoms with Crippen LogP contribution < -0.4 is 4.90 Å². The zero-order chi connectivity index (χ0) is 14.7. The van der Waals surface area contributed by atoms with Crippen LogP contribution in [0.1, 0.15) is 36.5 Å². The SMILES string of the molecule is CC1CCCCN1C(=O)c1ccc(N2CCOCC2)nc1. The molecule has 0 aromatic carbocycles. The zero-order valence-corrected chi connectivity index (χ0v) is 12.6. The maximum Gasteiger partial charge on any atom is 0.255 e. The summed E-state index contributed by atoms with van der Waals surface area (Å²) in [5, 5.41) is 0. The van der Waals surface area contributed by atoms with Crippen molar-refractivity contribution in [2.24, 2.45) is 0 Å². The monoisotopic (exact) mass is 289 g/mol. The lowest BCUT2D eigenvalue weighted by Crippen LogP contribution is -2.42. The molecule has 3 heterocycles. The summed E-state index contributed by atoms with van der Waals surface area (Å²) in [5.74, 6) is 1.05. The lowest BCUT2D eigenvalue weighted by atomic mass is 10.0. The van der Waals surface area contributed by atoms with E-state index in [2.05, 4.69) is 16.8 Å². The highest BCUT2D eigenvalue weighted by molar-refractivity contribution is 5.94. The van der Waals surface area contributed by atoms with Gasteiger partial charge in [-0.2, -0.15) is 0 Å². The van der Waals surface area contributed by atoms with Gasteiger partial charge in [0, 0.05) is 31.9 Å². The fourth-order valence-corrected chi connectivity index (χ4v) is 3.06. The highest BCUT2D eigenvalue weighted by atomic mass is 16.5. The summed E-state index contributed by atoms with van der Waals surface area (Å²) in [4.78, 5) is 21.2. The number of hydrogen-bond acceptors (Lipinski definition) is 4. The van der Waals surface area contributed by atoms with Gasteiger partial charge in [0.05, 0.1) is 18.8 Å². The van der Waals surface area contributed by atoms with Gasteiger partial charge in [-0.25, -0.2) is 4.98 Å². The average Bonchev–Trinajstić information content (AvgIpc) is 2.56. The standard InChI is InChI=1S/C16H23N3O2/c1-13-4-2-3-7-19(13)16(20)14-5-6-15(17-12-14)18-8-10-21-11-9-18/h5-6,12-13H,2-4,7-11H2,1H3. The summed E-state index contributed by atoms with van der Waals surface area (Å²) in [6.07, 6.45) is 5.15. The summed E-state index contributed by atoms with van der Waals surface area (Å²) >= 11 is 0. The number of hydrogen-bond donors (Lipinski definition) is 0. The molecule has 0 saturated carbocycles. The molecule has 3 rings (SSSR count). The molecule has 1 atom stereocenters. The van der Waals surface area contributed by atoms with Crippen molar-refractivity contribution in [3.05, 3.63) is 23.9 Å². The Morgan fingerprint density at radius 3 is 2.71 bits per heavy atom. The molecule has 5 nitrogen and oxygen atoms in total. The molecule has 21 heavy (non-hydrogen) atoms. The van der Waals surface area contributed by atoms with Crippen LogP contribution in [0.4, 0.5) is 5.82 Å². The zero-order valence-electron chi connectivity index (χ0n) is 12.6. The molecule has 1 amide bonds. The molecule has 1 unspecified atom stereocenters. The second kappa shape index (κ2) is 6.43. The Balaban J connectivity index is 1.69. The van der Waals surface area contributed by atoms with Crippen LogP contribution in [0.15, 0.2) is 18.3 Å². The predicted octanol–water partition coefficient (Wildman–Crippen LogP) is 1.93. The molecular formula is C16H23N3O2. The molecule has 1 aromatic heterocycles. The quantitative estimate of drug-likeness (QED) is 0.834. The molecule has 0 bridgehead atoms. The van der Waals surface area contributed by atoms with Gasteiger partial charge in [0.25, 0.3) is 5.91 Å². The molecule has 0 radical (unpaired) electrons. The number of ether oxygens (including phenoxy) is 1. The first kappa shape index (κ1) is 14.3. The van der Waals surface area contributed by atoms with Gasteiger partial charge in [-0.3, -0.25) is 4.79 Å². The van der Waals surface area contributed by atoms with E-state index >= 15 is 0 Å². The van der Waals surface area contributed by atoms with Crippen LogP contribution in [0, 0.1) is 0 Å². The van der Waals surface area contributed by atoms with Crippen LogP contribution in [0.2, 0.25) is 0 Å². The van der Waals surface area contributed by atoms with E-state index in [1.165, 1.54) is 6.42 Å². The van der Waals surface area contributed by atoms with E-state index in [-0.39, 0.29) is 5.91 Å². The molecular weight excluding hydrogens is 266 g/mol. The second-order valence-corrected chi connectivity index (χ2v) is 5.85. The van der Waals surface area contributed by atoms with E-state index in [4.69, 9.17) is 4.74 Å². The minimum absolute atomic E-state index is 0.114. The molecule has 2 aliphatic rings. The number of aromatic nitrogens is 1. The summed E-state index contributed by atoms with van der Waals surface area (Å²) in [7, 11) is 0. The van der Waals surface area contributed by atoms with Crippen molar-refractivity contribution in [2.45, 2.75) is 32.2 Å². The number of nitrogens with zero attached hydrogens (tertiary/aromatic N) is 3. The summed E-state index contributed by atoms with van der Waals surface area (Å²) in [5.41, 5.74) is 0.695. The van der Waals surface area contributed by atoms with Crippen molar-refractivity contribution in [1.29, 1.82) is 0 Å². The molecule has 114 valence electrons. The van der Waals surface area contributed by atoms with Gasteiger partial charge < -0.3 is 14.5 Å². The van der Waals surface area contributed by atoms with E-state index in [1.54, 1.807) is 6.20 Å². The minimum atomic E-state index is 0.114. The number of anilines is 1. The Hall–Kier alpha value is -1.62. The number of likely N-dealkylation sites (tertiary alicyclic amines) is 1. The summed E-state index contributed by atoms with van der Waals surface area (Å²) in [6, 6.07) is 4.19. The number of piperidine rings is 1. The molecule has 0 aliphatic carbocycles. The third-order valence-electron chi connectivity index (χ3n) is 4.39. The fourth-order valence-electron chi connectivity index (χ4n) is 3.06. The molecule has 5 heteroatoms. The molecule has 2 aliphatic heterocycles. The van der Waals surface area contributed by atoms with Gasteiger partial charge in [-0.05, 0) is 38.3 Å². The van der Waals surface area contributed by atoms with Crippen molar-refractivity contribution in [3.8, 4) is 0 Å². The molecule has 0 spiro atoms. The second-order valence-electron chi connectivity index (χ2n) is 5.85. The summed E-state index contributed by atoms with van der Waals surface area (Å²) in [6.45, 7) is 6.21. The minimum Gasteiger partial charge on any atom is -0.378 e. The van der Waals surface area contributed by atoms with Gasteiger partial charge in [-0.15, -0.1) is 0 Å². The van der Waals surface area contributed by atoms with Gasteiger partial charge >= 0.3 is 0 Å². The third-order valence-corrected chi connectivity index (χ3v) is 4.39. The van der Waals surface area contributed by atoms with Crippen molar-refractivity contribution in [3.63, 3.8) is 0 Å². The summed E-state index contributed by atoms with van der Waals surface area (Å²) < 4.78 is 5.34. The predicted molar refractivity (Wildman–Crippen MR) is 81.6 cm³/mol. The smallest absolute Gasteiger partial charge is 0.255 e. The lowest BCUT2D eigenvalue weighted by Gasteiger charge is -2.33. The van der Waals surface area contributed by atoms with E-state index in [9.17, 15) is 4.79 Å². The Labute approximate surface area is 125 Å². The van der Waals surface area contributed by atoms with E-state index in [0.717, 1.165) is 51.5 Å². The maximum atomic E-state index is 12.6. The van der Waals surface area contributed by atoms with Gasteiger partial charge in [0.2, 0.25) is 0 Å². The number of carbonyl (C=O) groups excluding carboxylic acids is 1. The van der Waals surface area contributed by atoms with Crippen LogP contribution in [-0.2, 0) is 4.74 Å². The number of amides is 1. The highest BCUT2D eigenvalue weighted by Crippen LogP contribution is 2.20. The Kier molecular flexibility index (Phi) is 4.39. The van der Waals surface area contributed by atoms with Crippen LogP contribution in [0.5, 0.6) is 0 Å². The van der Waals surface area contributed by atoms with Crippen LogP contribution in [0.3, 0.4) is 0 Å². The molecule has 2 saturated heterocycles. The van der Waals surface area contributed by atoms with Crippen LogP contribution in [0.25, 0.3) is 0 Å². The molecule has 1 aromatic rings. The number of rotatable bonds is 2. The van der Waals surface area contributed by atoms with Gasteiger partial charge in [0.1, 0.15) is 5.82 Å². The van der Waals surface area contributed by atoms with Crippen LogP contribution in [-0.4, -0.2) is 54.7 Å². The number of morpholine rings is 1. The molecule has 0 N–H and O–H groups in total.